The Hall–Kier alpha value is -3.53. The maximum atomic E-state index is 11.4. The molecule has 1 atom stereocenters. The standard InChI is InChI=1S/C18H20N4O6/c1-28-18(23)17(19)3-2-12-20(13-4-8-15(9-5-13)21(24)25)14-6-10-16(11-7-14)22(26)27/h4-11,17H,2-3,12,19H2,1H3/t17-/m0/s1. The Morgan fingerprint density at radius 1 is 1.00 bits per heavy atom. The molecule has 0 aliphatic heterocycles. The molecule has 0 saturated carbocycles. The Morgan fingerprint density at radius 3 is 1.79 bits per heavy atom. The third kappa shape index (κ3) is 5.24. The van der Waals surface area contributed by atoms with Gasteiger partial charge in [0.25, 0.3) is 11.4 Å². The van der Waals surface area contributed by atoms with Crippen LogP contribution in [0.15, 0.2) is 48.5 Å². The molecule has 2 aromatic rings. The zero-order valence-electron chi connectivity index (χ0n) is 15.2. The molecule has 0 saturated heterocycles. The second-order valence-electron chi connectivity index (χ2n) is 5.97. The Morgan fingerprint density at radius 2 is 1.43 bits per heavy atom. The molecule has 0 amide bonds. The molecule has 0 heterocycles. The summed E-state index contributed by atoms with van der Waals surface area (Å²) in [4.78, 5) is 34.0. The summed E-state index contributed by atoms with van der Waals surface area (Å²) < 4.78 is 4.60. The number of anilines is 2. The first-order valence-electron chi connectivity index (χ1n) is 8.43. The summed E-state index contributed by atoms with van der Waals surface area (Å²) in [6, 6.07) is 11.2. The number of hydrogen-bond acceptors (Lipinski definition) is 8. The van der Waals surface area contributed by atoms with E-state index in [0.717, 1.165) is 0 Å². The molecule has 0 aliphatic rings. The van der Waals surface area contributed by atoms with Gasteiger partial charge in [-0.1, -0.05) is 0 Å². The number of nitro benzene ring substituents is 2. The van der Waals surface area contributed by atoms with E-state index in [1.54, 1.807) is 24.3 Å². The summed E-state index contributed by atoms with van der Waals surface area (Å²) in [5.41, 5.74) is 7.02. The first-order valence-corrected chi connectivity index (χ1v) is 8.43. The average molecular weight is 388 g/mol. The molecular formula is C18H20N4O6. The van der Waals surface area contributed by atoms with Crippen molar-refractivity contribution < 1.29 is 19.4 Å². The van der Waals surface area contributed by atoms with Gasteiger partial charge in [0.1, 0.15) is 6.04 Å². The van der Waals surface area contributed by atoms with Crippen LogP contribution < -0.4 is 10.6 Å². The molecule has 2 N–H and O–H groups in total. The van der Waals surface area contributed by atoms with Crippen molar-refractivity contribution in [3.05, 3.63) is 68.8 Å². The van der Waals surface area contributed by atoms with E-state index in [4.69, 9.17) is 5.73 Å². The summed E-state index contributed by atoms with van der Waals surface area (Å²) in [5.74, 6) is -0.503. The van der Waals surface area contributed by atoms with Gasteiger partial charge in [0.15, 0.2) is 0 Å². The topological polar surface area (TPSA) is 142 Å². The average Bonchev–Trinajstić information content (AvgIpc) is 2.70. The Labute approximate surface area is 160 Å². The zero-order valence-corrected chi connectivity index (χ0v) is 15.2. The van der Waals surface area contributed by atoms with Crippen LogP contribution >= 0.6 is 0 Å². The molecule has 0 radical (unpaired) electrons. The van der Waals surface area contributed by atoms with E-state index in [0.29, 0.717) is 30.8 Å². The van der Waals surface area contributed by atoms with Crippen molar-refractivity contribution in [2.75, 3.05) is 18.6 Å². The van der Waals surface area contributed by atoms with Crippen molar-refractivity contribution in [2.24, 2.45) is 5.73 Å². The molecule has 28 heavy (non-hydrogen) atoms. The molecule has 0 unspecified atom stereocenters. The largest absolute Gasteiger partial charge is 0.468 e. The van der Waals surface area contributed by atoms with Crippen molar-refractivity contribution in [3.8, 4) is 0 Å². The lowest BCUT2D eigenvalue weighted by Gasteiger charge is -2.25. The van der Waals surface area contributed by atoms with Gasteiger partial charge in [-0.3, -0.25) is 25.0 Å². The summed E-state index contributed by atoms with van der Waals surface area (Å²) in [7, 11) is 1.27. The van der Waals surface area contributed by atoms with Gasteiger partial charge < -0.3 is 15.4 Å². The maximum absolute atomic E-state index is 11.4. The van der Waals surface area contributed by atoms with Crippen LogP contribution in [0.1, 0.15) is 12.8 Å². The molecule has 0 fully saturated rings. The smallest absolute Gasteiger partial charge is 0.322 e. The van der Waals surface area contributed by atoms with Crippen molar-refractivity contribution in [1.29, 1.82) is 0 Å². The van der Waals surface area contributed by atoms with Crippen LogP contribution in [-0.4, -0.2) is 35.5 Å². The predicted octanol–water partition coefficient (Wildman–Crippen LogP) is 2.92. The van der Waals surface area contributed by atoms with E-state index in [2.05, 4.69) is 4.74 Å². The van der Waals surface area contributed by atoms with Crippen molar-refractivity contribution >= 4 is 28.7 Å². The SMILES string of the molecule is COC(=O)[C@@H](N)CCCN(c1ccc([N+](=O)[O-])cc1)c1ccc([N+](=O)[O-])cc1. The Balaban J connectivity index is 2.23. The van der Waals surface area contributed by atoms with Gasteiger partial charge in [-0.25, -0.2) is 0 Å². The van der Waals surface area contributed by atoms with Gasteiger partial charge in [0.05, 0.1) is 17.0 Å². The highest BCUT2D eigenvalue weighted by molar-refractivity contribution is 5.75. The lowest BCUT2D eigenvalue weighted by atomic mass is 10.1. The van der Waals surface area contributed by atoms with Crippen molar-refractivity contribution in [3.63, 3.8) is 0 Å². The van der Waals surface area contributed by atoms with E-state index < -0.39 is 21.9 Å². The van der Waals surface area contributed by atoms with Crippen molar-refractivity contribution in [2.45, 2.75) is 18.9 Å². The monoisotopic (exact) mass is 388 g/mol. The highest BCUT2D eigenvalue weighted by atomic mass is 16.6. The number of carbonyl (C=O) groups excluding carboxylic acids is 1. The second-order valence-corrected chi connectivity index (χ2v) is 5.97. The number of rotatable bonds is 9. The van der Waals surface area contributed by atoms with Crippen LogP contribution in [0, 0.1) is 20.2 Å². The van der Waals surface area contributed by atoms with Crippen LogP contribution in [0.2, 0.25) is 0 Å². The number of non-ortho nitro benzene ring substituents is 2. The highest BCUT2D eigenvalue weighted by Crippen LogP contribution is 2.29. The molecule has 0 bridgehead atoms. The molecule has 0 spiro atoms. The van der Waals surface area contributed by atoms with Crippen LogP contribution in [0.3, 0.4) is 0 Å². The maximum Gasteiger partial charge on any atom is 0.322 e. The number of ether oxygens (including phenoxy) is 1. The van der Waals surface area contributed by atoms with E-state index in [1.807, 2.05) is 4.90 Å². The van der Waals surface area contributed by atoms with Gasteiger partial charge in [0, 0.05) is 42.2 Å². The number of benzene rings is 2. The summed E-state index contributed by atoms with van der Waals surface area (Å²) in [6.07, 6.45) is 0.910. The van der Waals surface area contributed by atoms with Crippen LogP contribution in [0.4, 0.5) is 22.7 Å². The Kier molecular flexibility index (Phi) is 6.99. The van der Waals surface area contributed by atoms with Gasteiger partial charge in [-0.05, 0) is 37.1 Å². The number of nitro groups is 2. The van der Waals surface area contributed by atoms with Crippen LogP contribution in [-0.2, 0) is 9.53 Å². The summed E-state index contributed by atoms with van der Waals surface area (Å²) in [5, 5.41) is 21.7. The van der Waals surface area contributed by atoms with Crippen LogP contribution in [0.25, 0.3) is 0 Å². The third-order valence-electron chi connectivity index (χ3n) is 4.15. The minimum atomic E-state index is -0.749. The van der Waals surface area contributed by atoms with E-state index in [-0.39, 0.29) is 11.4 Å². The van der Waals surface area contributed by atoms with E-state index >= 15 is 0 Å². The second kappa shape index (κ2) is 9.42. The van der Waals surface area contributed by atoms with Gasteiger partial charge in [0.2, 0.25) is 0 Å². The molecule has 10 heteroatoms. The number of esters is 1. The molecule has 0 aliphatic carbocycles. The molecule has 10 nitrogen and oxygen atoms in total. The lowest BCUT2D eigenvalue weighted by molar-refractivity contribution is -0.385. The number of nitrogens with two attached hydrogens (primary N) is 1. The number of carbonyl (C=O) groups is 1. The fourth-order valence-corrected chi connectivity index (χ4v) is 2.65. The minimum absolute atomic E-state index is 0.0416. The molecule has 0 aromatic heterocycles. The Bertz CT molecular complexity index is 781. The molecule has 2 rings (SSSR count). The molecule has 2 aromatic carbocycles. The fraction of sp³-hybridized carbons (Fsp3) is 0.278. The first-order chi connectivity index (χ1) is 13.3. The van der Waals surface area contributed by atoms with Gasteiger partial charge in [-0.15, -0.1) is 0 Å². The van der Waals surface area contributed by atoms with Crippen molar-refractivity contribution in [1.82, 2.24) is 0 Å². The zero-order chi connectivity index (χ0) is 20.7. The summed E-state index contributed by atoms with van der Waals surface area (Å²) >= 11 is 0. The number of nitrogens with zero attached hydrogens (tertiary/aromatic N) is 3. The summed E-state index contributed by atoms with van der Waals surface area (Å²) in [6.45, 7) is 0.445. The van der Waals surface area contributed by atoms with Gasteiger partial charge in [-0.2, -0.15) is 0 Å². The van der Waals surface area contributed by atoms with E-state index in [1.165, 1.54) is 31.4 Å². The van der Waals surface area contributed by atoms with E-state index in [9.17, 15) is 25.0 Å². The number of methoxy groups -OCH3 is 1. The van der Waals surface area contributed by atoms with Gasteiger partial charge >= 0.3 is 5.97 Å². The molecule has 148 valence electrons. The highest BCUT2D eigenvalue weighted by Gasteiger charge is 2.17. The fourth-order valence-electron chi connectivity index (χ4n) is 2.65. The predicted molar refractivity (Wildman–Crippen MR) is 102 cm³/mol. The first kappa shape index (κ1) is 20.8. The normalized spacial score (nSPS) is 11.5. The third-order valence-corrected chi connectivity index (χ3v) is 4.15. The lowest BCUT2D eigenvalue weighted by Crippen LogP contribution is -2.32. The molecular weight excluding hydrogens is 368 g/mol. The number of hydrogen-bond donors (Lipinski definition) is 1. The minimum Gasteiger partial charge on any atom is -0.468 e. The quantitative estimate of drug-likeness (QED) is 0.392. The van der Waals surface area contributed by atoms with Crippen LogP contribution in [0.5, 0.6) is 0 Å².